The lowest BCUT2D eigenvalue weighted by Gasteiger charge is -2.23. The van der Waals surface area contributed by atoms with Crippen LogP contribution in [0.3, 0.4) is 0 Å². The summed E-state index contributed by atoms with van der Waals surface area (Å²) in [5.41, 5.74) is 3.49. The van der Waals surface area contributed by atoms with Gasteiger partial charge in [0.05, 0.1) is 34.2 Å². The molecule has 0 spiro atoms. The second kappa shape index (κ2) is 23.2. The van der Waals surface area contributed by atoms with E-state index in [2.05, 4.69) is 33.8 Å². The summed E-state index contributed by atoms with van der Waals surface area (Å²) in [7, 11) is 6.86. The molecule has 0 radical (unpaired) electrons. The van der Waals surface area contributed by atoms with Gasteiger partial charge in [0.15, 0.2) is 0 Å². The van der Waals surface area contributed by atoms with Gasteiger partial charge in [0.1, 0.15) is 0 Å². The molecule has 0 aliphatic rings. The Bertz CT molecular complexity index is 159. The zero-order valence-corrected chi connectivity index (χ0v) is 18.6. The summed E-state index contributed by atoms with van der Waals surface area (Å²) in [6, 6.07) is 0. The molecule has 0 aromatic heterocycles. The first-order valence-electron chi connectivity index (χ1n) is 8.57. The van der Waals surface area contributed by atoms with E-state index in [1.165, 1.54) is 70.8 Å². The van der Waals surface area contributed by atoms with Crippen molar-refractivity contribution in [2.45, 2.75) is 78.1 Å². The van der Waals surface area contributed by atoms with Crippen LogP contribution in [0.2, 0.25) is 0 Å². The first-order chi connectivity index (χ1) is 8.97. The smallest absolute Gasteiger partial charge is 0.0780 e. The van der Waals surface area contributed by atoms with Gasteiger partial charge in [-0.1, -0.05) is 58.3 Å². The van der Waals surface area contributed by atoms with Gasteiger partial charge in [-0.25, -0.2) is 0 Å². The van der Waals surface area contributed by atoms with Crippen molar-refractivity contribution in [2.75, 3.05) is 34.2 Å². The molecule has 0 fully saturated rings. The highest BCUT2D eigenvalue weighted by molar-refractivity contribution is 4.47. The Balaban J connectivity index is -0.000000264. The fourth-order valence-electron chi connectivity index (χ4n) is 2.07. The summed E-state index contributed by atoms with van der Waals surface area (Å²) >= 11 is 0. The third-order valence-corrected chi connectivity index (χ3v) is 3.18. The van der Waals surface area contributed by atoms with Crippen molar-refractivity contribution < 1.29 is 44.2 Å². The van der Waals surface area contributed by atoms with E-state index >= 15 is 0 Å². The van der Waals surface area contributed by atoms with Crippen LogP contribution in [0.5, 0.6) is 0 Å². The van der Waals surface area contributed by atoms with Gasteiger partial charge < -0.3 is 44.2 Å². The van der Waals surface area contributed by atoms with Crippen molar-refractivity contribution in [1.29, 1.82) is 0 Å². The van der Waals surface area contributed by atoms with Crippen LogP contribution < -0.4 is 39.7 Å². The molecule has 21 heavy (non-hydrogen) atoms. The molecule has 0 heterocycles. The van der Waals surface area contributed by atoms with E-state index < -0.39 is 0 Å². The second-order valence-electron chi connectivity index (χ2n) is 6.70. The molecule has 0 aromatic rings. The Kier molecular flexibility index (Phi) is 32.9. The van der Waals surface area contributed by atoms with Crippen LogP contribution in [-0.2, 0) is 0 Å². The van der Waals surface area contributed by atoms with E-state index in [0.717, 1.165) is 11.0 Å². The molecule has 3 N–H and O–H groups in total. The molecule has 134 valence electrons. The predicted molar refractivity (Wildman–Crippen MR) is 88.2 cm³/mol. The summed E-state index contributed by atoms with van der Waals surface area (Å²) < 4.78 is 1.12. The van der Waals surface area contributed by atoms with Crippen LogP contribution in [0.25, 0.3) is 0 Å². The molecule has 0 aromatic carbocycles. The topological polar surface area (TPSA) is 27.6 Å². The number of hydrogen-bond donors (Lipinski definition) is 1. The van der Waals surface area contributed by atoms with Gasteiger partial charge in [-0.15, -0.1) is 0 Å². The SMILES string of the molecule is CCCCCCCCCCCC[N+](C)(C)C.CC[NH3+].[Br-].[Br-]. The first kappa shape index (κ1) is 29.8. The number of nitrogens with zero attached hydrogens (tertiary/aromatic N) is 1. The lowest BCUT2D eigenvalue weighted by Crippen LogP contribution is -3.00. The molecule has 0 bridgehead atoms. The van der Waals surface area contributed by atoms with Crippen molar-refractivity contribution in [1.82, 2.24) is 0 Å². The largest absolute Gasteiger partial charge is 1.00 e. The van der Waals surface area contributed by atoms with Gasteiger partial charge in [0.2, 0.25) is 0 Å². The highest BCUT2D eigenvalue weighted by Crippen LogP contribution is 2.10. The van der Waals surface area contributed by atoms with Crippen LogP contribution in [0, 0.1) is 0 Å². The zero-order chi connectivity index (χ0) is 15.0. The summed E-state index contributed by atoms with van der Waals surface area (Å²) in [5.74, 6) is 0. The fraction of sp³-hybridized carbons (Fsp3) is 1.00. The Morgan fingerprint density at radius 1 is 0.619 bits per heavy atom. The number of hydrogen-bond acceptors (Lipinski definition) is 0. The number of rotatable bonds is 11. The third-order valence-electron chi connectivity index (χ3n) is 3.18. The fourth-order valence-corrected chi connectivity index (χ4v) is 2.07. The lowest BCUT2D eigenvalue weighted by atomic mass is 10.1. The van der Waals surface area contributed by atoms with Gasteiger partial charge in [0, 0.05) is 0 Å². The van der Waals surface area contributed by atoms with Crippen LogP contribution in [0.1, 0.15) is 78.1 Å². The third kappa shape index (κ3) is 38.6. The molecule has 0 saturated carbocycles. The molecule has 0 saturated heterocycles. The second-order valence-corrected chi connectivity index (χ2v) is 6.70. The first-order valence-corrected chi connectivity index (χ1v) is 8.57. The minimum absolute atomic E-state index is 0. The molecular formula is C17H42Br2N2. The molecule has 0 unspecified atom stereocenters. The molecule has 0 aliphatic heterocycles. The molecule has 0 amide bonds. The number of halogens is 2. The summed E-state index contributed by atoms with van der Waals surface area (Å²) in [4.78, 5) is 0. The van der Waals surface area contributed by atoms with Crippen molar-refractivity contribution >= 4 is 0 Å². The van der Waals surface area contributed by atoms with Crippen LogP contribution in [0.4, 0.5) is 0 Å². The zero-order valence-electron chi connectivity index (χ0n) is 15.4. The maximum atomic E-state index is 3.49. The van der Waals surface area contributed by atoms with E-state index in [-0.39, 0.29) is 34.0 Å². The predicted octanol–water partition coefficient (Wildman–Crippen LogP) is -2.13. The Labute approximate surface area is 156 Å². The van der Waals surface area contributed by atoms with Gasteiger partial charge in [0.25, 0.3) is 0 Å². The summed E-state index contributed by atoms with van der Waals surface area (Å²) in [6.07, 6.45) is 14.4. The van der Waals surface area contributed by atoms with E-state index in [0.29, 0.717) is 0 Å². The molecule has 0 aliphatic carbocycles. The van der Waals surface area contributed by atoms with E-state index in [1.54, 1.807) is 0 Å². The Morgan fingerprint density at radius 2 is 0.905 bits per heavy atom. The van der Waals surface area contributed by atoms with E-state index in [1.807, 2.05) is 6.92 Å². The number of unbranched alkanes of at least 4 members (excludes halogenated alkanes) is 9. The Hall–Kier alpha value is 0.880. The van der Waals surface area contributed by atoms with Crippen molar-refractivity contribution in [2.24, 2.45) is 0 Å². The van der Waals surface area contributed by atoms with Crippen molar-refractivity contribution in [3.63, 3.8) is 0 Å². The van der Waals surface area contributed by atoms with Gasteiger partial charge in [-0.05, 0) is 19.8 Å². The minimum Gasteiger partial charge on any atom is -1.00 e. The average Bonchev–Trinajstić information content (AvgIpc) is 2.31. The molecule has 4 heteroatoms. The molecule has 2 nitrogen and oxygen atoms in total. The van der Waals surface area contributed by atoms with Gasteiger partial charge >= 0.3 is 0 Å². The van der Waals surface area contributed by atoms with Crippen LogP contribution in [0.15, 0.2) is 0 Å². The maximum absolute atomic E-state index is 3.49. The monoisotopic (exact) mass is 432 g/mol. The Morgan fingerprint density at radius 3 is 1.19 bits per heavy atom. The quantitative estimate of drug-likeness (QED) is 0.285. The minimum atomic E-state index is 0. The normalized spacial score (nSPS) is 10.0. The average molecular weight is 434 g/mol. The van der Waals surface area contributed by atoms with Gasteiger partial charge in [-0.2, -0.15) is 0 Å². The van der Waals surface area contributed by atoms with Crippen molar-refractivity contribution in [3.05, 3.63) is 0 Å². The maximum Gasteiger partial charge on any atom is 0.0780 e. The van der Waals surface area contributed by atoms with E-state index in [9.17, 15) is 0 Å². The van der Waals surface area contributed by atoms with Gasteiger partial charge in [-0.3, -0.25) is 0 Å². The highest BCUT2D eigenvalue weighted by atomic mass is 79.9. The van der Waals surface area contributed by atoms with Crippen molar-refractivity contribution in [3.8, 4) is 0 Å². The summed E-state index contributed by atoms with van der Waals surface area (Å²) in [5, 5.41) is 0. The molecule has 0 rings (SSSR count). The number of quaternary nitrogens is 2. The standard InChI is InChI=1S/C15H34N.C2H7N.2BrH/c1-5-6-7-8-9-10-11-12-13-14-15-16(2,3)4;1-2-3;;/h5-15H2,1-4H3;2-3H2,1H3;2*1H/q+1;;;/p-1. The van der Waals surface area contributed by atoms with Crippen LogP contribution in [-0.4, -0.2) is 38.7 Å². The van der Waals surface area contributed by atoms with E-state index in [4.69, 9.17) is 0 Å². The summed E-state index contributed by atoms with van der Waals surface area (Å²) in [6.45, 7) is 6.63. The molecular weight excluding hydrogens is 392 g/mol. The lowest BCUT2D eigenvalue weighted by molar-refractivity contribution is -0.870. The highest BCUT2D eigenvalue weighted by Gasteiger charge is 2.04. The molecule has 0 atom stereocenters. The van der Waals surface area contributed by atoms with Crippen LogP contribution >= 0.6 is 0 Å².